The summed E-state index contributed by atoms with van der Waals surface area (Å²) in [4.78, 5) is 10.3. The van der Waals surface area contributed by atoms with Crippen LogP contribution < -0.4 is 4.74 Å². The van der Waals surface area contributed by atoms with Gasteiger partial charge in [-0.15, -0.1) is 0 Å². The van der Waals surface area contributed by atoms with E-state index >= 15 is 0 Å². The molecule has 1 aliphatic heterocycles. The smallest absolute Gasteiger partial charge is 0.269 e. The van der Waals surface area contributed by atoms with Crippen molar-refractivity contribution in [1.82, 2.24) is 0 Å². The number of aliphatic hydroxyl groups excluding tert-OH is 1. The van der Waals surface area contributed by atoms with Crippen LogP contribution in [0.3, 0.4) is 0 Å². The number of nitro benzene ring substituents is 1. The first-order valence-corrected chi connectivity index (χ1v) is 6.33. The van der Waals surface area contributed by atoms with Crippen molar-refractivity contribution in [2.24, 2.45) is 0 Å². The molecule has 2 atom stereocenters. The highest BCUT2D eigenvalue weighted by atomic mass is 16.6. The van der Waals surface area contributed by atoms with Gasteiger partial charge in [0.2, 0.25) is 0 Å². The monoisotopic (exact) mass is 267 g/mol. The lowest BCUT2D eigenvalue weighted by molar-refractivity contribution is -0.385. The first kappa shape index (κ1) is 13.8. The summed E-state index contributed by atoms with van der Waals surface area (Å²) in [6.07, 6.45) is 0.897. The van der Waals surface area contributed by atoms with Gasteiger partial charge in [0.15, 0.2) is 6.29 Å². The third kappa shape index (κ3) is 3.42. The lowest BCUT2D eigenvalue weighted by Crippen LogP contribution is -2.28. The summed E-state index contributed by atoms with van der Waals surface area (Å²) in [5.74, 6) is 0.658. The summed E-state index contributed by atoms with van der Waals surface area (Å²) < 4.78 is 10.8. The standard InChI is InChI=1S/C13H17NO5/c1-2-18-13(15)8-11-5-3-9-7-10(14(16)17)4-6-12(9)19-11/h4,6-7,11,13,15H,2-3,5,8H2,1H3. The van der Waals surface area contributed by atoms with Crippen molar-refractivity contribution in [2.45, 2.75) is 38.6 Å². The van der Waals surface area contributed by atoms with Crippen LogP contribution in [0.5, 0.6) is 5.75 Å². The molecule has 0 saturated carbocycles. The van der Waals surface area contributed by atoms with E-state index in [4.69, 9.17) is 9.47 Å². The Hall–Kier alpha value is -1.66. The van der Waals surface area contributed by atoms with Gasteiger partial charge in [-0.3, -0.25) is 10.1 Å². The predicted molar refractivity (Wildman–Crippen MR) is 68.1 cm³/mol. The molecule has 0 saturated heterocycles. The van der Waals surface area contributed by atoms with Gasteiger partial charge in [0, 0.05) is 30.7 Å². The Morgan fingerprint density at radius 2 is 2.42 bits per heavy atom. The molecular formula is C13H17NO5. The predicted octanol–water partition coefficient (Wildman–Crippen LogP) is 2.03. The van der Waals surface area contributed by atoms with Gasteiger partial charge in [0.05, 0.1) is 4.92 Å². The lowest BCUT2D eigenvalue weighted by atomic mass is 10.00. The molecule has 0 aromatic heterocycles. The van der Waals surface area contributed by atoms with Crippen molar-refractivity contribution in [1.29, 1.82) is 0 Å². The lowest BCUT2D eigenvalue weighted by Gasteiger charge is -2.27. The Morgan fingerprint density at radius 3 is 3.11 bits per heavy atom. The molecule has 1 aliphatic rings. The molecule has 6 heteroatoms. The molecule has 0 spiro atoms. The molecule has 0 aliphatic carbocycles. The van der Waals surface area contributed by atoms with Gasteiger partial charge in [-0.1, -0.05) is 0 Å². The summed E-state index contributed by atoms with van der Waals surface area (Å²) in [6.45, 7) is 2.27. The zero-order chi connectivity index (χ0) is 13.8. The third-order valence-electron chi connectivity index (χ3n) is 3.11. The third-order valence-corrected chi connectivity index (χ3v) is 3.11. The van der Waals surface area contributed by atoms with Crippen LogP contribution in [-0.4, -0.2) is 29.0 Å². The number of hydrogen-bond acceptors (Lipinski definition) is 5. The van der Waals surface area contributed by atoms with Gasteiger partial charge in [0.1, 0.15) is 11.9 Å². The first-order valence-electron chi connectivity index (χ1n) is 6.33. The number of hydrogen-bond donors (Lipinski definition) is 1. The maximum atomic E-state index is 10.7. The van der Waals surface area contributed by atoms with Crippen LogP contribution in [0.4, 0.5) is 5.69 Å². The van der Waals surface area contributed by atoms with Gasteiger partial charge >= 0.3 is 0 Å². The van der Waals surface area contributed by atoms with E-state index < -0.39 is 11.2 Å². The maximum Gasteiger partial charge on any atom is 0.269 e. The highest BCUT2D eigenvalue weighted by Crippen LogP contribution is 2.32. The molecule has 0 fully saturated rings. The molecule has 0 amide bonds. The summed E-state index contributed by atoms with van der Waals surface area (Å²) in [7, 11) is 0. The van der Waals surface area contributed by atoms with Crippen LogP contribution >= 0.6 is 0 Å². The minimum absolute atomic E-state index is 0.0788. The molecule has 19 heavy (non-hydrogen) atoms. The molecule has 1 heterocycles. The van der Waals surface area contributed by atoms with E-state index in [-0.39, 0.29) is 11.8 Å². The van der Waals surface area contributed by atoms with Crippen molar-refractivity contribution in [3.05, 3.63) is 33.9 Å². The number of rotatable bonds is 5. The van der Waals surface area contributed by atoms with E-state index in [9.17, 15) is 15.2 Å². The molecule has 0 bridgehead atoms. The summed E-state index contributed by atoms with van der Waals surface area (Å²) in [5, 5.41) is 20.3. The second kappa shape index (κ2) is 5.99. The molecule has 1 aromatic rings. The van der Waals surface area contributed by atoms with Gasteiger partial charge in [-0.05, 0) is 25.8 Å². The maximum absolute atomic E-state index is 10.7. The van der Waals surface area contributed by atoms with Gasteiger partial charge < -0.3 is 14.6 Å². The normalized spacial score (nSPS) is 19.4. The zero-order valence-electron chi connectivity index (χ0n) is 10.7. The minimum atomic E-state index is -0.824. The van der Waals surface area contributed by atoms with Crippen molar-refractivity contribution >= 4 is 5.69 Å². The fraction of sp³-hybridized carbons (Fsp3) is 0.538. The van der Waals surface area contributed by atoms with Crippen LogP contribution in [0.25, 0.3) is 0 Å². The molecule has 6 nitrogen and oxygen atoms in total. The van der Waals surface area contributed by atoms with Gasteiger partial charge in [-0.2, -0.15) is 0 Å². The second-order valence-corrected chi connectivity index (χ2v) is 4.47. The van der Waals surface area contributed by atoms with E-state index in [0.29, 0.717) is 25.2 Å². The Kier molecular flexibility index (Phi) is 4.34. The van der Waals surface area contributed by atoms with Crippen molar-refractivity contribution < 1.29 is 19.5 Å². The number of nitrogens with zero attached hydrogens (tertiary/aromatic N) is 1. The SMILES string of the molecule is CCOC(O)CC1CCc2cc([N+](=O)[O-])ccc2O1. The Bertz CT molecular complexity index is 462. The topological polar surface area (TPSA) is 81.8 Å². The second-order valence-electron chi connectivity index (χ2n) is 4.47. The highest BCUT2D eigenvalue weighted by Gasteiger charge is 2.24. The van der Waals surface area contributed by atoms with E-state index in [1.165, 1.54) is 6.07 Å². The van der Waals surface area contributed by atoms with Crippen LogP contribution in [-0.2, 0) is 11.2 Å². The molecular weight excluding hydrogens is 250 g/mol. The number of ether oxygens (including phenoxy) is 2. The largest absolute Gasteiger partial charge is 0.490 e. The average molecular weight is 267 g/mol. The Balaban J connectivity index is 2.02. The van der Waals surface area contributed by atoms with Gasteiger partial charge in [0.25, 0.3) is 5.69 Å². The number of aryl methyl sites for hydroxylation is 1. The quantitative estimate of drug-likeness (QED) is 0.501. The summed E-state index contributed by atoms with van der Waals surface area (Å²) in [5.41, 5.74) is 0.923. The summed E-state index contributed by atoms with van der Waals surface area (Å²) in [6, 6.07) is 4.59. The van der Waals surface area contributed by atoms with Crippen LogP contribution in [0.15, 0.2) is 18.2 Å². The van der Waals surface area contributed by atoms with E-state index in [1.54, 1.807) is 12.1 Å². The van der Waals surface area contributed by atoms with Crippen molar-refractivity contribution in [3.63, 3.8) is 0 Å². The van der Waals surface area contributed by atoms with E-state index in [1.807, 2.05) is 6.92 Å². The number of benzene rings is 1. The fourth-order valence-corrected chi connectivity index (χ4v) is 2.20. The molecule has 104 valence electrons. The van der Waals surface area contributed by atoms with Crippen LogP contribution in [0, 0.1) is 10.1 Å². The Morgan fingerprint density at radius 1 is 1.63 bits per heavy atom. The zero-order valence-corrected chi connectivity index (χ0v) is 10.7. The van der Waals surface area contributed by atoms with Gasteiger partial charge in [-0.25, -0.2) is 0 Å². The molecule has 2 unspecified atom stereocenters. The van der Waals surface area contributed by atoms with Crippen molar-refractivity contribution in [3.8, 4) is 5.75 Å². The Labute approximate surface area is 111 Å². The number of nitro groups is 1. The first-order chi connectivity index (χ1) is 9.10. The van der Waals surface area contributed by atoms with Crippen LogP contribution in [0.1, 0.15) is 25.3 Å². The minimum Gasteiger partial charge on any atom is -0.490 e. The van der Waals surface area contributed by atoms with Crippen LogP contribution in [0.2, 0.25) is 0 Å². The van der Waals surface area contributed by atoms with E-state index in [2.05, 4.69) is 0 Å². The summed E-state index contributed by atoms with van der Waals surface area (Å²) >= 11 is 0. The molecule has 0 radical (unpaired) electrons. The number of aliphatic hydroxyl groups is 1. The molecule has 1 aromatic carbocycles. The molecule has 2 rings (SSSR count). The van der Waals surface area contributed by atoms with E-state index in [0.717, 1.165) is 12.0 Å². The average Bonchev–Trinajstić information content (AvgIpc) is 2.38. The number of fused-ring (bicyclic) bond motifs is 1. The highest BCUT2D eigenvalue weighted by molar-refractivity contribution is 5.44. The van der Waals surface area contributed by atoms with Crippen molar-refractivity contribution in [2.75, 3.05) is 6.61 Å². The fourth-order valence-electron chi connectivity index (χ4n) is 2.20. The molecule has 1 N–H and O–H groups in total. The number of non-ortho nitro benzene ring substituents is 1.